The van der Waals surface area contributed by atoms with Crippen LogP contribution in [0.3, 0.4) is 0 Å². The molecular weight excluding hydrogens is 184 g/mol. The van der Waals surface area contributed by atoms with Crippen LogP contribution in [0.25, 0.3) is 0 Å². The van der Waals surface area contributed by atoms with Gasteiger partial charge in [0.05, 0.1) is 0 Å². The third kappa shape index (κ3) is 2.68. The predicted octanol–water partition coefficient (Wildman–Crippen LogP) is -1.10. The number of aromatic nitrogens is 1. The summed E-state index contributed by atoms with van der Waals surface area (Å²) in [4.78, 5) is 4.12. The Kier molecular flexibility index (Phi) is 4.19. The molecule has 0 aromatic carbocycles. The topological polar surface area (TPSA) is 24.9 Å². The first-order valence-corrected chi connectivity index (χ1v) is 4.60. The van der Waals surface area contributed by atoms with Crippen molar-refractivity contribution >= 4 is 0 Å². The zero-order valence-corrected chi connectivity index (χ0v) is 8.30. The minimum Gasteiger partial charge on any atom is -1.00 e. The van der Waals surface area contributed by atoms with Crippen molar-refractivity contribution in [2.45, 2.75) is 25.3 Å². The standard InChI is InChI=1S/C10H14N2.ClH/c1-2-7-12-10(5-1)9-4-3-6-11-8-9;/h3-4,6,8,10,12H,1-2,5,7H2;1H/p-1/t10-;/m0./s1. The third-order valence-corrected chi connectivity index (χ3v) is 2.40. The molecule has 3 heteroatoms. The van der Waals surface area contributed by atoms with Gasteiger partial charge in [-0.05, 0) is 31.0 Å². The summed E-state index contributed by atoms with van der Waals surface area (Å²) in [6.07, 6.45) is 7.70. The second-order valence-electron chi connectivity index (χ2n) is 3.29. The van der Waals surface area contributed by atoms with E-state index in [0.717, 1.165) is 6.54 Å². The second kappa shape index (κ2) is 5.20. The minimum absolute atomic E-state index is 0. The number of rotatable bonds is 1. The van der Waals surface area contributed by atoms with Crippen LogP contribution in [-0.2, 0) is 0 Å². The van der Waals surface area contributed by atoms with E-state index in [2.05, 4.69) is 16.4 Å². The molecule has 1 N–H and O–H groups in total. The van der Waals surface area contributed by atoms with Gasteiger partial charge < -0.3 is 17.7 Å². The summed E-state index contributed by atoms with van der Waals surface area (Å²) in [7, 11) is 0. The van der Waals surface area contributed by atoms with Crippen molar-refractivity contribution in [3.8, 4) is 0 Å². The van der Waals surface area contributed by atoms with Crippen molar-refractivity contribution in [3.05, 3.63) is 30.1 Å². The van der Waals surface area contributed by atoms with Gasteiger partial charge in [0.25, 0.3) is 0 Å². The van der Waals surface area contributed by atoms with E-state index in [1.54, 1.807) is 0 Å². The molecule has 0 spiro atoms. The Morgan fingerprint density at radius 2 is 2.31 bits per heavy atom. The SMILES string of the molecule is [Cl-].c1cncc([C@@H]2CCCCN2)c1. The molecule has 1 aromatic rings. The molecule has 2 heterocycles. The van der Waals surface area contributed by atoms with Gasteiger partial charge in [0.1, 0.15) is 0 Å². The predicted molar refractivity (Wildman–Crippen MR) is 48.8 cm³/mol. The zero-order chi connectivity index (χ0) is 8.23. The van der Waals surface area contributed by atoms with E-state index >= 15 is 0 Å². The lowest BCUT2D eigenvalue weighted by Gasteiger charge is -2.23. The molecule has 72 valence electrons. The van der Waals surface area contributed by atoms with Crippen molar-refractivity contribution < 1.29 is 12.4 Å². The van der Waals surface area contributed by atoms with E-state index in [-0.39, 0.29) is 12.4 Å². The number of piperidine rings is 1. The number of pyridine rings is 1. The van der Waals surface area contributed by atoms with Crippen molar-refractivity contribution in [2.75, 3.05) is 6.54 Å². The molecule has 1 aliphatic rings. The Bertz CT molecular complexity index is 232. The highest BCUT2D eigenvalue weighted by molar-refractivity contribution is 5.14. The van der Waals surface area contributed by atoms with Crippen LogP contribution in [0, 0.1) is 0 Å². The Balaban J connectivity index is 0.000000845. The first-order chi connectivity index (χ1) is 5.97. The monoisotopic (exact) mass is 197 g/mol. The molecule has 0 saturated carbocycles. The van der Waals surface area contributed by atoms with Crippen molar-refractivity contribution in [2.24, 2.45) is 0 Å². The van der Waals surface area contributed by atoms with Crippen LogP contribution in [0.15, 0.2) is 24.5 Å². The van der Waals surface area contributed by atoms with E-state index in [1.165, 1.54) is 24.8 Å². The van der Waals surface area contributed by atoms with Crippen molar-refractivity contribution in [1.82, 2.24) is 10.3 Å². The van der Waals surface area contributed by atoms with Crippen LogP contribution >= 0.6 is 0 Å². The van der Waals surface area contributed by atoms with Gasteiger partial charge in [-0.2, -0.15) is 0 Å². The van der Waals surface area contributed by atoms with Crippen LogP contribution in [-0.4, -0.2) is 11.5 Å². The molecule has 0 radical (unpaired) electrons. The molecule has 1 fully saturated rings. The Morgan fingerprint density at radius 3 is 2.92 bits per heavy atom. The molecule has 1 saturated heterocycles. The molecule has 0 unspecified atom stereocenters. The van der Waals surface area contributed by atoms with Gasteiger partial charge in [-0.1, -0.05) is 12.5 Å². The van der Waals surface area contributed by atoms with Crippen molar-refractivity contribution in [3.63, 3.8) is 0 Å². The summed E-state index contributed by atoms with van der Waals surface area (Å²) in [6.45, 7) is 1.15. The van der Waals surface area contributed by atoms with E-state index in [4.69, 9.17) is 0 Å². The van der Waals surface area contributed by atoms with E-state index in [9.17, 15) is 0 Å². The number of halogens is 1. The molecule has 2 nitrogen and oxygen atoms in total. The maximum Gasteiger partial charge on any atom is 0.0335 e. The highest BCUT2D eigenvalue weighted by Gasteiger charge is 2.13. The smallest absolute Gasteiger partial charge is 0.0335 e. The van der Waals surface area contributed by atoms with Crippen LogP contribution in [0.4, 0.5) is 0 Å². The average Bonchev–Trinajstić information content (AvgIpc) is 2.21. The molecular formula is C10H14ClN2-. The summed E-state index contributed by atoms with van der Waals surface area (Å²) < 4.78 is 0. The van der Waals surface area contributed by atoms with Gasteiger partial charge in [0, 0.05) is 18.4 Å². The molecule has 2 rings (SSSR count). The second-order valence-corrected chi connectivity index (χ2v) is 3.29. The van der Waals surface area contributed by atoms with E-state index in [1.807, 2.05) is 18.5 Å². The Hall–Kier alpha value is -0.600. The average molecular weight is 198 g/mol. The number of hydrogen-bond donors (Lipinski definition) is 1. The van der Waals surface area contributed by atoms with Crippen LogP contribution in [0.1, 0.15) is 30.9 Å². The molecule has 0 bridgehead atoms. The quantitative estimate of drug-likeness (QED) is 0.619. The normalized spacial score (nSPS) is 22.0. The number of nitrogens with one attached hydrogen (secondary N) is 1. The fraction of sp³-hybridized carbons (Fsp3) is 0.500. The van der Waals surface area contributed by atoms with Gasteiger partial charge in [0.2, 0.25) is 0 Å². The van der Waals surface area contributed by atoms with Gasteiger partial charge in [0.15, 0.2) is 0 Å². The maximum atomic E-state index is 4.12. The van der Waals surface area contributed by atoms with Crippen LogP contribution in [0.5, 0.6) is 0 Å². The number of hydrogen-bond acceptors (Lipinski definition) is 2. The first kappa shape index (κ1) is 10.5. The molecule has 1 aromatic heterocycles. The number of nitrogens with zero attached hydrogens (tertiary/aromatic N) is 1. The maximum absolute atomic E-state index is 4.12. The highest BCUT2D eigenvalue weighted by Crippen LogP contribution is 2.21. The molecule has 1 aliphatic heterocycles. The first-order valence-electron chi connectivity index (χ1n) is 4.60. The van der Waals surface area contributed by atoms with Crippen LogP contribution < -0.4 is 17.7 Å². The zero-order valence-electron chi connectivity index (χ0n) is 7.54. The third-order valence-electron chi connectivity index (χ3n) is 2.40. The molecule has 1 atom stereocenters. The van der Waals surface area contributed by atoms with Crippen LogP contribution in [0.2, 0.25) is 0 Å². The Labute approximate surface area is 85.2 Å². The van der Waals surface area contributed by atoms with Gasteiger partial charge in [-0.15, -0.1) is 0 Å². The lowest BCUT2D eigenvalue weighted by Crippen LogP contribution is -3.00. The van der Waals surface area contributed by atoms with Gasteiger partial charge in [-0.25, -0.2) is 0 Å². The van der Waals surface area contributed by atoms with Crippen molar-refractivity contribution in [1.29, 1.82) is 0 Å². The molecule has 0 amide bonds. The summed E-state index contributed by atoms with van der Waals surface area (Å²) in [5.74, 6) is 0. The van der Waals surface area contributed by atoms with Gasteiger partial charge in [-0.3, -0.25) is 4.98 Å². The molecule has 0 aliphatic carbocycles. The minimum atomic E-state index is 0. The largest absolute Gasteiger partial charge is 1.00 e. The fourth-order valence-corrected chi connectivity index (χ4v) is 1.72. The van der Waals surface area contributed by atoms with Gasteiger partial charge >= 0.3 is 0 Å². The summed E-state index contributed by atoms with van der Waals surface area (Å²) in [5, 5.41) is 3.50. The lowest BCUT2D eigenvalue weighted by molar-refractivity contribution is -0.00000257. The molecule has 13 heavy (non-hydrogen) atoms. The summed E-state index contributed by atoms with van der Waals surface area (Å²) >= 11 is 0. The lowest BCUT2D eigenvalue weighted by atomic mass is 9.99. The summed E-state index contributed by atoms with van der Waals surface area (Å²) in [5.41, 5.74) is 1.33. The Morgan fingerprint density at radius 1 is 1.38 bits per heavy atom. The van der Waals surface area contributed by atoms with E-state index < -0.39 is 0 Å². The van der Waals surface area contributed by atoms with E-state index in [0.29, 0.717) is 6.04 Å². The fourth-order valence-electron chi connectivity index (χ4n) is 1.72. The highest BCUT2D eigenvalue weighted by atomic mass is 35.5. The summed E-state index contributed by atoms with van der Waals surface area (Å²) in [6, 6.07) is 4.70.